The number of aliphatic carboxylic acids is 1. The van der Waals surface area contributed by atoms with Crippen LogP contribution >= 0.6 is 0 Å². The first-order chi connectivity index (χ1) is 12.9. The van der Waals surface area contributed by atoms with Crippen molar-refractivity contribution >= 4 is 11.9 Å². The highest BCUT2D eigenvalue weighted by Crippen LogP contribution is 2.54. The Morgan fingerprint density at radius 1 is 1.33 bits per heavy atom. The van der Waals surface area contributed by atoms with Crippen molar-refractivity contribution in [2.75, 3.05) is 26.2 Å². The monoisotopic (exact) mass is 380 g/mol. The number of halogens is 2. The molecule has 3 aliphatic rings. The van der Waals surface area contributed by atoms with E-state index in [9.17, 15) is 18.4 Å². The topological polar surface area (TPSA) is 78.9 Å². The molecule has 3 fully saturated rings. The molecule has 1 aromatic carbocycles. The van der Waals surface area contributed by atoms with Gasteiger partial charge in [-0.25, -0.2) is 8.78 Å². The second-order valence-electron chi connectivity index (χ2n) is 7.75. The van der Waals surface area contributed by atoms with Gasteiger partial charge in [-0.1, -0.05) is 0 Å². The number of benzene rings is 1. The Morgan fingerprint density at radius 3 is 2.89 bits per heavy atom. The maximum absolute atomic E-state index is 13.3. The average molecular weight is 380 g/mol. The van der Waals surface area contributed by atoms with Crippen LogP contribution in [-0.2, 0) is 9.53 Å². The predicted octanol–water partition coefficient (Wildman–Crippen LogP) is 1.65. The van der Waals surface area contributed by atoms with Gasteiger partial charge in [-0.3, -0.25) is 14.5 Å². The number of nitrogens with one attached hydrogen (secondary N) is 1. The molecule has 2 bridgehead atoms. The van der Waals surface area contributed by atoms with Gasteiger partial charge in [-0.2, -0.15) is 0 Å². The van der Waals surface area contributed by atoms with Crippen LogP contribution in [0, 0.1) is 23.5 Å². The Morgan fingerprint density at radius 2 is 2.15 bits per heavy atom. The molecule has 2 N–H and O–H groups in total. The Balaban J connectivity index is 1.39. The highest BCUT2D eigenvalue weighted by molar-refractivity contribution is 5.94. The largest absolute Gasteiger partial charge is 0.481 e. The Hall–Kier alpha value is -2.06. The molecule has 1 spiro atoms. The minimum Gasteiger partial charge on any atom is -0.481 e. The van der Waals surface area contributed by atoms with Crippen LogP contribution in [0.5, 0.6) is 0 Å². The lowest BCUT2D eigenvalue weighted by Crippen LogP contribution is -2.41. The summed E-state index contributed by atoms with van der Waals surface area (Å²) in [5.74, 6) is -2.90. The van der Waals surface area contributed by atoms with E-state index in [-0.39, 0.29) is 35.5 Å². The molecule has 6 nitrogen and oxygen atoms in total. The molecule has 27 heavy (non-hydrogen) atoms. The number of hydrogen-bond acceptors (Lipinski definition) is 4. The number of ether oxygens (including phenoxy) is 1. The lowest BCUT2D eigenvalue weighted by molar-refractivity contribution is -0.137. The molecule has 3 heterocycles. The number of carboxylic acid groups (broad SMARTS) is 1. The van der Waals surface area contributed by atoms with Gasteiger partial charge in [-0.05, 0) is 31.0 Å². The zero-order chi connectivity index (χ0) is 19.2. The van der Waals surface area contributed by atoms with Crippen LogP contribution in [0.3, 0.4) is 0 Å². The molecule has 146 valence electrons. The first-order valence-corrected chi connectivity index (χ1v) is 9.23. The third kappa shape index (κ3) is 3.32. The summed E-state index contributed by atoms with van der Waals surface area (Å²) in [7, 11) is 0. The van der Waals surface area contributed by atoms with E-state index in [1.54, 1.807) is 0 Å². The summed E-state index contributed by atoms with van der Waals surface area (Å²) in [6.07, 6.45) is 2.07. The Labute approximate surface area is 155 Å². The molecule has 3 saturated heterocycles. The fourth-order valence-corrected chi connectivity index (χ4v) is 4.93. The average Bonchev–Trinajstić information content (AvgIpc) is 3.28. The van der Waals surface area contributed by atoms with Crippen LogP contribution in [0.4, 0.5) is 8.78 Å². The standard InChI is InChI=1S/C19H22F2N2O4/c20-14-2-1-11(7-15(14)21)18(26)22-8-12-13-9-23(6-4-17(24)25)10-19(13)5-3-16(12)27-19/h1-2,7,12-13,16H,3-6,8-10H2,(H,22,26)(H,24,25)/t12-,13+,16+,19+/m0/s1. The second-order valence-corrected chi connectivity index (χ2v) is 7.75. The summed E-state index contributed by atoms with van der Waals surface area (Å²) in [4.78, 5) is 25.2. The van der Waals surface area contributed by atoms with Gasteiger partial charge in [-0.15, -0.1) is 0 Å². The normalized spacial score (nSPS) is 31.9. The summed E-state index contributed by atoms with van der Waals surface area (Å²) >= 11 is 0. The number of rotatable bonds is 6. The first-order valence-electron chi connectivity index (χ1n) is 9.23. The van der Waals surface area contributed by atoms with Gasteiger partial charge < -0.3 is 15.2 Å². The summed E-state index contributed by atoms with van der Waals surface area (Å²) in [6, 6.07) is 3.10. The van der Waals surface area contributed by atoms with Gasteiger partial charge in [0.15, 0.2) is 11.6 Å². The van der Waals surface area contributed by atoms with E-state index in [2.05, 4.69) is 10.2 Å². The fourth-order valence-electron chi connectivity index (χ4n) is 4.93. The van der Waals surface area contributed by atoms with E-state index < -0.39 is 23.5 Å². The summed E-state index contributed by atoms with van der Waals surface area (Å²) < 4.78 is 32.6. The van der Waals surface area contributed by atoms with Crippen molar-refractivity contribution in [1.82, 2.24) is 10.2 Å². The van der Waals surface area contributed by atoms with Crippen molar-refractivity contribution in [2.24, 2.45) is 11.8 Å². The molecule has 4 atom stereocenters. The number of hydrogen-bond donors (Lipinski definition) is 2. The molecule has 1 aromatic rings. The van der Waals surface area contributed by atoms with Crippen LogP contribution in [-0.4, -0.2) is 59.8 Å². The Bertz CT molecular complexity index is 774. The van der Waals surface area contributed by atoms with E-state index in [1.807, 2.05) is 0 Å². The Kier molecular flexibility index (Phi) is 4.63. The lowest BCUT2D eigenvalue weighted by Gasteiger charge is -2.29. The van der Waals surface area contributed by atoms with E-state index in [1.165, 1.54) is 6.07 Å². The molecular weight excluding hydrogens is 358 g/mol. The summed E-state index contributed by atoms with van der Waals surface area (Å²) in [6.45, 7) is 2.39. The van der Waals surface area contributed by atoms with Crippen LogP contribution in [0.15, 0.2) is 18.2 Å². The van der Waals surface area contributed by atoms with Crippen molar-refractivity contribution in [2.45, 2.75) is 31.0 Å². The van der Waals surface area contributed by atoms with Crippen LogP contribution in [0.2, 0.25) is 0 Å². The number of carbonyl (C=O) groups is 2. The van der Waals surface area contributed by atoms with Gasteiger partial charge in [0, 0.05) is 43.6 Å². The van der Waals surface area contributed by atoms with Crippen LogP contribution in [0.1, 0.15) is 29.6 Å². The third-order valence-corrected chi connectivity index (χ3v) is 6.18. The van der Waals surface area contributed by atoms with E-state index in [0.717, 1.165) is 38.1 Å². The quantitative estimate of drug-likeness (QED) is 0.785. The number of likely N-dealkylation sites (tertiary alicyclic amines) is 1. The number of carbonyl (C=O) groups excluding carboxylic acids is 1. The lowest BCUT2D eigenvalue weighted by atomic mass is 9.73. The fraction of sp³-hybridized carbons (Fsp3) is 0.579. The van der Waals surface area contributed by atoms with Gasteiger partial charge >= 0.3 is 5.97 Å². The predicted molar refractivity (Wildman–Crippen MR) is 91.2 cm³/mol. The number of carboxylic acids is 1. The number of amides is 1. The van der Waals surface area contributed by atoms with Crippen LogP contribution < -0.4 is 5.32 Å². The zero-order valence-corrected chi connectivity index (χ0v) is 14.8. The zero-order valence-electron chi connectivity index (χ0n) is 14.8. The minimum absolute atomic E-state index is 0.0851. The van der Waals surface area contributed by atoms with Crippen LogP contribution in [0.25, 0.3) is 0 Å². The van der Waals surface area contributed by atoms with Crippen molar-refractivity contribution in [1.29, 1.82) is 0 Å². The highest BCUT2D eigenvalue weighted by Gasteiger charge is 2.62. The van der Waals surface area contributed by atoms with Gasteiger partial charge in [0.25, 0.3) is 5.91 Å². The SMILES string of the molecule is O=C(O)CCN1C[C@@H]2[C@H](CNC(=O)c3ccc(F)c(F)c3)[C@H]3CC[C@]2(C1)O3. The van der Waals surface area contributed by atoms with Crippen molar-refractivity contribution in [3.05, 3.63) is 35.4 Å². The summed E-state index contributed by atoms with van der Waals surface area (Å²) in [5.41, 5.74) is -0.150. The first kappa shape index (κ1) is 18.3. The van der Waals surface area contributed by atoms with Gasteiger partial charge in [0.05, 0.1) is 18.1 Å². The molecule has 3 aliphatic heterocycles. The number of fused-ring (bicyclic) bond motifs is 1. The molecule has 0 aromatic heterocycles. The number of nitrogens with zero attached hydrogens (tertiary/aromatic N) is 1. The highest BCUT2D eigenvalue weighted by atomic mass is 19.2. The smallest absolute Gasteiger partial charge is 0.304 e. The van der Waals surface area contributed by atoms with Crippen molar-refractivity contribution < 1.29 is 28.2 Å². The van der Waals surface area contributed by atoms with Crippen molar-refractivity contribution in [3.63, 3.8) is 0 Å². The molecule has 0 saturated carbocycles. The summed E-state index contributed by atoms with van der Waals surface area (Å²) in [5, 5.41) is 11.7. The maximum atomic E-state index is 13.3. The van der Waals surface area contributed by atoms with E-state index in [4.69, 9.17) is 9.84 Å². The molecule has 8 heteroatoms. The maximum Gasteiger partial charge on any atom is 0.304 e. The van der Waals surface area contributed by atoms with Crippen molar-refractivity contribution in [3.8, 4) is 0 Å². The van der Waals surface area contributed by atoms with Gasteiger partial charge in [0.1, 0.15) is 0 Å². The molecule has 0 unspecified atom stereocenters. The molecule has 0 radical (unpaired) electrons. The van der Waals surface area contributed by atoms with E-state index in [0.29, 0.717) is 13.1 Å². The molecule has 1 amide bonds. The minimum atomic E-state index is -1.05. The van der Waals surface area contributed by atoms with E-state index >= 15 is 0 Å². The molecular formula is C19H22F2N2O4. The molecule has 4 rings (SSSR count). The molecule has 0 aliphatic carbocycles. The third-order valence-electron chi connectivity index (χ3n) is 6.18. The van der Waals surface area contributed by atoms with Gasteiger partial charge in [0.2, 0.25) is 0 Å². The second kappa shape index (κ2) is 6.83.